The molecule has 0 unspecified atom stereocenters. The van der Waals surface area contributed by atoms with Crippen molar-refractivity contribution in [2.75, 3.05) is 0 Å². The van der Waals surface area contributed by atoms with Crippen LogP contribution in [-0.4, -0.2) is 17.0 Å². The van der Waals surface area contributed by atoms with Crippen molar-refractivity contribution < 1.29 is 4.79 Å². The first-order valence-corrected chi connectivity index (χ1v) is 3.36. The van der Waals surface area contributed by atoms with E-state index in [9.17, 15) is 4.79 Å². The third-order valence-electron chi connectivity index (χ3n) is 1.54. The first-order valence-electron chi connectivity index (χ1n) is 3.36. The lowest BCUT2D eigenvalue weighted by Gasteiger charge is -2.14. The minimum absolute atomic E-state index is 0.137. The second kappa shape index (κ2) is 2.42. The Morgan fingerprint density at radius 1 is 1.70 bits per heavy atom. The second-order valence-electron chi connectivity index (χ2n) is 2.72. The van der Waals surface area contributed by atoms with Gasteiger partial charge in [0.05, 0.1) is 0 Å². The number of nitrogens with zero attached hydrogens (tertiary/aromatic N) is 1. The van der Waals surface area contributed by atoms with Crippen molar-refractivity contribution in [3.05, 3.63) is 12.2 Å². The molecule has 0 heterocycles. The van der Waals surface area contributed by atoms with Crippen LogP contribution in [0, 0.1) is 0 Å². The Hall–Kier alpha value is -0.830. The SMILES string of the molecule is C=C(C)C(=O)N(N)C1CC1. The van der Waals surface area contributed by atoms with E-state index >= 15 is 0 Å². The highest BCUT2D eigenvalue weighted by Gasteiger charge is 2.30. The number of hydrazine groups is 1. The van der Waals surface area contributed by atoms with E-state index in [1.165, 1.54) is 5.01 Å². The van der Waals surface area contributed by atoms with Crippen LogP contribution in [0.15, 0.2) is 12.2 Å². The average molecular weight is 140 g/mol. The Morgan fingerprint density at radius 3 is 2.50 bits per heavy atom. The number of carbonyl (C=O) groups excluding carboxylic acids is 1. The Morgan fingerprint density at radius 2 is 2.20 bits per heavy atom. The number of amides is 1. The molecule has 0 aromatic heterocycles. The van der Waals surface area contributed by atoms with Gasteiger partial charge in [-0.3, -0.25) is 9.80 Å². The van der Waals surface area contributed by atoms with Crippen molar-refractivity contribution in [1.82, 2.24) is 5.01 Å². The van der Waals surface area contributed by atoms with Gasteiger partial charge in [-0.2, -0.15) is 0 Å². The normalized spacial score (nSPS) is 16.6. The third kappa shape index (κ3) is 1.36. The molecule has 1 aliphatic rings. The summed E-state index contributed by atoms with van der Waals surface area (Å²) in [5, 5.41) is 1.28. The predicted molar refractivity (Wildman–Crippen MR) is 38.9 cm³/mol. The average Bonchev–Trinajstić information content (AvgIpc) is 2.65. The van der Waals surface area contributed by atoms with E-state index in [2.05, 4.69) is 6.58 Å². The number of hydrogen-bond acceptors (Lipinski definition) is 2. The molecule has 10 heavy (non-hydrogen) atoms. The van der Waals surface area contributed by atoms with Crippen molar-refractivity contribution in [3.63, 3.8) is 0 Å². The predicted octanol–water partition coefficient (Wildman–Crippen LogP) is 0.427. The maximum absolute atomic E-state index is 11.0. The minimum atomic E-state index is -0.137. The third-order valence-corrected chi connectivity index (χ3v) is 1.54. The topological polar surface area (TPSA) is 46.3 Å². The molecule has 0 radical (unpaired) electrons. The lowest BCUT2D eigenvalue weighted by Crippen LogP contribution is -2.39. The van der Waals surface area contributed by atoms with Gasteiger partial charge in [0, 0.05) is 11.6 Å². The quantitative estimate of drug-likeness (QED) is 0.261. The smallest absolute Gasteiger partial charge is 0.263 e. The number of carbonyl (C=O) groups is 1. The van der Waals surface area contributed by atoms with E-state index in [0.717, 1.165) is 12.8 Å². The van der Waals surface area contributed by atoms with Gasteiger partial charge in [-0.05, 0) is 19.8 Å². The second-order valence-corrected chi connectivity index (χ2v) is 2.72. The molecule has 1 rings (SSSR count). The molecule has 1 fully saturated rings. The van der Waals surface area contributed by atoms with Gasteiger partial charge < -0.3 is 0 Å². The molecule has 0 aliphatic heterocycles. The zero-order valence-corrected chi connectivity index (χ0v) is 6.13. The largest absolute Gasteiger partial charge is 0.274 e. The van der Waals surface area contributed by atoms with Gasteiger partial charge in [0.1, 0.15) is 0 Å². The summed E-state index contributed by atoms with van der Waals surface area (Å²) in [6.07, 6.45) is 2.07. The van der Waals surface area contributed by atoms with Crippen LogP contribution in [0.2, 0.25) is 0 Å². The minimum Gasteiger partial charge on any atom is -0.274 e. The Balaban J connectivity index is 2.46. The van der Waals surface area contributed by atoms with Crippen molar-refractivity contribution in [2.45, 2.75) is 25.8 Å². The molecule has 3 nitrogen and oxygen atoms in total. The van der Waals surface area contributed by atoms with Gasteiger partial charge in [0.2, 0.25) is 0 Å². The highest BCUT2D eigenvalue weighted by atomic mass is 16.2. The van der Waals surface area contributed by atoms with Crippen molar-refractivity contribution in [3.8, 4) is 0 Å². The van der Waals surface area contributed by atoms with Crippen LogP contribution in [0.1, 0.15) is 19.8 Å². The zero-order valence-electron chi connectivity index (χ0n) is 6.13. The maximum atomic E-state index is 11.0. The molecule has 56 valence electrons. The van der Waals surface area contributed by atoms with Gasteiger partial charge in [-0.15, -0.1) is 0 Å². The van der Waals surface area contributed by atoms with Crippen LogP contribution < -0.4 is 5.84 Å². The standard InChI is InChI=1S/C7H12N2O/c1-5(2)7(10)9(8)6-3-4-6/h6H,1,3-4,8H2,2H3. The summed E-state index contributed by atoms with van der Waals surface area (Å²) in [6.45, 7) is 5.19. The van der Waals surface area contributed by atoms with Gasteiger partial charge in [0.15, 0.2) is 0 Å². The summed E-state index contributed by atoms with van der Waals surface area (Å²) in [5.41, 5.74) is 0.509. The molecular weight excluding hydrogens is 128 g/mol. The van der Waals surface area contributed by atoms with Gasteiger partial charge in [-0.1, -0.05) is 6.58 Å². The lowest BCUT2D eigenvalue weighted by molar-refractivity contribution is -0.127. The first-order chi connectivity index (χ1) is 4.63. The van der Waals surface area contributed by atoms with Crippen molar-refractivity contribution >= 4 is 5.91 Å². The maximum Gasteiger partial charge on any atom is 0.263 e. The summed E-state index contributed by atoms with van der Waals surface area (Å²) in [6, 6.07) is 0.282. The van der Waals surface area contributed by atoms with E-state index in [1.807, 2.05) is 0 Å². The van der Waals surface area contributed by atoms with Crippen molar-refractivity contribution in [2.24, 2.45) is 5.84 Å². The summed E-state index contributed by atoms with van der Waals surface area (Å²) in [4.78, 5) is 11.0. The molecule has 1 saturated carbocycles. The van der Waals surface area contributed by atoms with Gasteiger partial charge in [-0.25, -0.2) is 5.84 Å². The molecule has 0 saturated heterocycles. The van der Waals surface area contributed by atoms with E-state index in [-0.39, 0.29) is 11.9 Å². The number of rotatable bonds is 2. The fourth-order valence-corrected chi connectivity index (χ4v) is 0.739. The Bertz CT molecular complexity index is 172. The van der Waals surface area contributed by atoms with E-state index in [4.69, 9.17) is 5.84 Å². The molecular formula is C7H12N2O. The molecule has 2 N–H and O–H groups in total. The van der Waals surface area contributed by atoms with Crippen LogP contribution in [0.4, 0.5) is 0 Å². The lowest BCUT2D eigenvalue weighted by atomic mass is 10.3. The molecule has 0 aromatic carbocycles. The van der Waals surface area contributed by atoms with E-state index < -0.39 is 0 Å². The van der Waals surface area contributed by atoms with Crippen molar-refractivity contribution in [1.29, 1.82) is 0 Å². The molecule has 0 bridgehead atoms. The number of hydrogen-bond donors (Lipinski definition) is 1. The van der Waals surface area contributed by atoms with Crippen LogP contribution in [0.5, 0.6) is 0 Å². The molecule has 1 aliphatic carbocycles. The van der Waals surface area contributed by atoms with Crippen LogP contribution in [-0.2, 0) is 4.79 Å². The number of nitrogens with two attached hydrogens (primary N) is 1. The molecule has 1 amide bonds. The van der Waals surface area contributed by atoms with E-state index in [0.29, 0.717) is 5.57 Å². The highest BCUT2D eigenvalue weighted by Crippen LogP contribution is 2.24. The fourth-order valence-electron chi connectivity index (χ4n) is 0.739. The monoisotopic (exact) mass is 140 g/mol. The van der Waals surface area contributed by atoms with Crippen LogP contribution in [0.25, 0.3) is 0 Å². The summed E-state index contributed by atoms with van der Waals surface area (Å²) < 4.78 is 0. The molecule has 0 aromatic rings. The molecule has 0 spiro atoms. The Kier molecular flexibility index (Phi) is 1.76. The zero-order chi connectivity index (χ0) is 7.72. The van der Waals surface area contributed by atoms with Gasteiger partial charge in [0.25, 0.3) is 5.91 Å². The van der Waals surface area contributed by atoms with E-state index in [1.54, 1.807) is 6.92 Å². The van der Waals surface area contributed by atoms with Crippen LogP contribution >= 0.6 is 0 Å². The Labute approximate surface area is 60.5 Å². The summed E-state index contributed by atoms with van der Waals surface area (Å²) in [5.74, 6) is 5.31. The fraction of sp³-hybridized carbons (Fsp3) is 0.571. The highest BCUT2D eigenvalue weighted by molar-refractivity contribution is 5.92. The summed E-state index contributed by atoms with van der Waals surface area (Å²) >= 11 is 0. The molecule has 0 atom stereocenters. The summed E-state index contributed by atoms with van der Waals surface area (Å²) in [7, 11) is 0. The van der Waals surface area contributed by atoms with Crippen LogP contribution in [0.3, 0.4) is 0 Å². The van der Waals surface area contributed by atoms with Gasteiger partial charge >= 0.3 is 0 Å². The molecule has 3 heteroatoms. The first kappa shape index (κ1) is 7.28.